The molecule has 2 aromatic rings. The van der Waals surface area contributed by atoms with Crippen LogP contribution < -0.4 is 5.32 Å². The molecule has 134 valence electrons. The van der Waals surface area contributed by atoms with Gasteiger partial charge in [-0.3, -0.25) is 9.69 Å². The van der Waals surface area contributed by atoms with Crippen molar-refractivity contribution in [1.82, 2.24) is 15.2 Å². The summed E-state index contributed by atoms with van der Waals surface area (Å²) in [6, 6.07) is 10.2. The maximum Gasteiger partial charge on any atom is 0.267 e. The van der Waals surface area contributed by atoms with Crippen LogP contribution in [0.25, 0.3) is 10.9 Å². The average Bonchev–Trinajstić information content (AvgIpc) is 3.32. The molecule has 0 unspecified atom stereocenters. The van der Waals surface area contributed by atoms with Crippen molar-refractivity contribution in [3.63, 3.8) is 0 Å². The third-order valence-electron chi connectivity index (χ3n) is 5.27. The van der Waals surface area contributed by atoms with Crippen molar-refractivity contribution in [2.75, 3.05) is 46.1 Å². The summed E-state index contributed by atoms with van der Waals surface area (Å²) in [5, 5.41) is 4.18. The minimum absolute atomic E-state index is 0.0478. The van der Waals surface area contributed by atoms with Gasteiger partial charge in [-0.1, -0.05) is 18.2 Å². The van der Waals surface area contributed by atoms with Crippen molar-refractivity contribution in [1.29, 1.82) is 0 Å². The Hall–Kier alpha value is -1.89. The number of benzene rings is 1. The van der Waals surface area contributed by atoms with Gasteiger partial charge in [0.05, 0.1) is 19.8 Å². The number of fused-ring (bicyclic) bond motifs is 1. The molecule has 6 nitrogen and oxygen atoms in total. The number of carbonyl (C=O) groups excluding carboxylic acids is 1. The molecule has 6 heteroatoms. The minimum Gasteiger partial charge on any atom is -0.381 e. The molecule has 1 aromatic carbocycles. The third kappa shape index (κ3) is 3.71. The van der Waals surface area contributed by atoms with E-state index in [2.05, 4.69) is 15.2 Å². The van der Waals surface area contributed by atoms with Crippen LogP contribution >= 0.6 is 0 Å². The van der Waals surface area contributed by atoms with Gasteiger partial charge < -0.3 is 19.8 Å². The molecule has 2 fully saturated rings. The molecule has 2 saturated heterocycles. The quantitative estimate of drug-likeness (QED) is 0.866. The number of carbonyl (C=O) groups is 1. The normalized spacial score (nSPS) is 23.0. The summed E-state index contributed by atoms with van der Waals surface area (Å²) < 4.78 is 11.1. The number of nitrogens with zero attached hydrogens (tertiary/aromatic N) is 1. The topological polar surface area (TPSA) is 66.6 Å². The van der Waals surface area contributed by atoms with Gasteiger partial charge in [0.25, 0.3) is 5.91 Å². The van der Waals surface area contributed by atoms with Gasteiger partial charge in [0.1, 0.15) is 5.69 Å². The maximum atomic E-state index is 12.6. The number of H-pyrrole nitrogens is 1. The van der Waals surface area contributed by atoms with Gasteiger partial charge in [0.15, 0.2) is 0 Å². The summed E-state index contributed by atoms with van der Waals surface area (Å²) in [4.78, 5) is 18.2. The van der Waals surface area contributed by atoms with Gasteiger partial charge in [-0.15, -0.1) is 0 Å². The molecule has 2 aliphatic rings. The van der Waals surface area contributed by atoms with E-state index in [0.717, 1.165) is 56.8 Å². The lowest BCUT2D eigenvalue weighted by Gasteiger charge is -2.37. The van der Waals surface area contributed by atoms with E-state index in [1.807, 2.05) is 30.3 Å². The number of aromatic nitrogens is 1. The summed E-state index contributed by atoms with van der Waals surface area (Å²) in [5.74, 6) is 0.425. The largest absolute Gasteiger partial charge is 0.381 e. The highest BCUT2D eigenvalue weighted by Gasteiger charge is 2.31. The highest BCUT2D eigenvalue weighted by Crippen LogP contribution is 2.22. The molecule has 0 aliphatic carbocycles. The standard InChI is InChI=1S/C19H25N3O3/c23-19(17-11-14-3-1-2-4-16(14)21-17)20-12-18(15-5-8-25-13-15)22-6-9-24-10-7-22/h1-4,11,15,18,21H,5-10,12-13H2,(H,20,23)/t15-,18+/m0/s1. The van der Waals surface area contributed by atoms with Crippen LogP contribution in [0.3, 0.4) is 0 Å². The van der Waals surface area contributed by atoms with Crippen LogP contribution in [0, 0.1) is 5.92 Å². The number of amides is 1. The number of morpholine rings is 1. The van der Waals surface area contributed by atoms with Crippen molar-refractivity contribution in [2.45, 2.75) is 12.5 Å². The molecule has 0 spiro atoms. The van der Waals surface area contributed by atoms with Gasteiger partial charge in [-0.05, 0) is 18.6 Å². The van der Waals surface area contributed by atoms with Gasteiger partial charge in [0.2, 0.25) is 0 Å². The van der Waals surface area contributed by atoms with E-state index in [1.165, 1.54) is 0 Å². The van der Waals surface area contributed by atoms with Crippen LogP contribution in [0.15, 0.2) is 30.3 Å². The fourth-order valence-electron chi connectivity index (χ4n) is 3.85. The first kappa shape index (κ1) is 16.6. The summed E-state index contributed by atoms with van der Waals surface area (Å²) in [6.45, 7) is 5.61. The van der Waals surface area contributed by atoms with Gasteiger partial charge in [-0.25, -0.2) is 0 Å². The molecule has 25 heavy (non-hydrogen) atoms. The molecular formula is C19H25N3O3. The number of para-hydroxylation sites is 1. The van der Waals surface area contributed by atoms with E-state index in [1.54, 1.807) is 0 Å². The summed E-state index contributed by atoms with van der Waals surface area (Å²) in [7, 11) is 0. The fourth-order valence-corrected chi connectivity index (χ4v) is 3.85. The molecular weight excluding hydrogens is 318 g/mol. The third-order valence-corrected chi connectivity index (χ3v) is 5.27. The van der Waals surface area contributed by atoms with E-state index in [4.69, 9.17) is 9.47 Å². The lowest BCUT2D eigenvalue weighted by Crippen LogP contribution is -2.52. The Morgan fingerprint density at radius 2 is 2.08 bits per heavy atom. The lowest BCUT2D eigenvalue weighted by atomic mass is 9.97. The smallest absolute Gasteiger partial charge is 0.267 e. The Balaban J connectivity index is 1.43. The number of rotatable bonds is 5. The van der Waals surface area contributed by atoms with Crippen LogP contribution in [0.5, 0.6) is 0 Å². The van der Waals surface area contributed by atoms with Gasteiger partial charge in [0, 0.05) is 49.1 Å². The summed E-state index contributed by atoms with van der Waals surface area (Å²) in [5.41, 5.74) is 1.60. The Labute approximate surface area is 147 Å². The number of hydrogen-bond donors (Lipinski definition) is 2. The first-order valence-electron chi connectivity index (χ1n) is 9.07. The molecule has 1 amide bonds. The van der Waals surface area contributed by atoms with Crippen molar-refractivity contribution in [3.05, 3.63) is 36.0 Å². The first-order chi connectivity index (χ1) is 12.3. The predicted octanol–water partition coefficient (Wildman–Crippen LogP) is 1.64. The number of ether oxygens (including phenoxy) is 2. The summed E-state index contributed by atoms with van der Waals surface area (Å²) >= 11 is 0. The minimum atomic E-state index is -0.0478. The van der Waals surface area contributed by atoms with Gasteiger partial charge in [-0.2, -0.15) is 0 Å². The lowest BCUT2D eigenvalue weighted by molar-refractivity contribution is 0.00165. The molecule has 2 N–H and O–H groups in total. The number of nitrogens with one attached hydrogen (secondary N) is 2. The molecule has 0 saturated carbocycles. The molecule has 2 aliphatic heterocycles. The molecule has 2 atom stereocenters. The highest BCUT2D eigenvalue weighted by atomic mass is 16.5. The second kappa shape index (κ2) is 7.56. The van der Waals surface area contributed by atoms with E-state index >= 15 is 0 Å². The van der Waals surface area contributed by atoms with Crippen LogP contribution in [0.4, 0.5) is 0 Å². The second-order valence-corrected chi connectivity index (χ2v) is 6.82. The Kier molecular flexibility index (Phi) is 5.01. The van der Waals surface area contributed by atoms with Crippen LogP contribution in [0.2, 0.25) is 0 Å². The van der Waals surface area contributed by atoms with Crippen molar-refractivity contribution >= 4 is 16.8 Å². The van der Waals surface area contributed by atoms with Crippen molar-refractivity contribution < 1.29 is 14.3 Å². The van der Waals surface area contributed by atoms with Crippen molar-refractivity contribution in [2.24, 2.45) is 5.92 Å². The Morgan fingerprint density at radius 1 is 1.24 bits per heavy atom. The Morgan fingerprint density at radius 3 is 2.84 bits per heavy atom. The Bertz CT molecular complexity index is 685. The zero-order valence-electron chi connectivity index (χ0n) is 14.4. The molecule has 4 rings (SSSR count). The molecule has 0 bridgehead atoms. The van der Waals surface area contributed by atoms with E-state index in [-0.39, 0.29) is 5.91 Å². The molecule has 3 heterocycles. The number of aromatic amines is 1. The van der Waals surface area contributed by atoms with Crippen LogP contribution in [-0.4, -0.2) is 67.9 Å². The predicted molar refractivity (Wildman–Crippen MR) is 95.7 cm³/mol. The molecule has 0 radical (unpaired) electrons. The summed E-state index contributed by atoms with van der Waals surface area (Å²) in [6.07, 6.45) is 1.06. The van der Waals surface area contributed by atoms with E-state index in [9.17, 15) is 4.79 Å². The van der Waals surface area contributed by atoms with Crippen molar-refractivity contribution in [3.8, 4) is 0 Å². The fraction of sp³-hybridized carbons (Fsp3) is 0.526. The first-order valence-corrected chi connectivity index (χ1v) is 9.07. The highest BCUT2D eigenvalue weighted by molar-refractivity contribution is 5.97. The number of hydrogen-bond acceptors (Lipinski definition) is 4. The monoisotopic (exact) mass is 343 g/mol. The zero-order valence-corrected chi connectivity index (χ0v) is 14.4. The van der Waals surface area contributed by atoms with Crippen LogP contribution in [-0.2, 0) is 9.47 Å². The SMILES string of the molecule is O=C(NC[C@H]([C@H]1CCOC1)N1CCOCC1)c1cc2ccccc2[nH]1. The van der Waals surface area contributed by atoms with E-state index < -0.39 is 0 Å². The second-order valence-electron chi connectivity index (χ2n) is 6.82. The maximum absolute atomic E-state index is 12.6. The van der Waals surface area contributed by atoms with Crippen LogP contribution in [0.1, 0.15) is 16.9 Å². The van der Waals surface area contributed by atoms with Gasteiger partial charge >= 0.3 is 0 Å². The van der Waals surface area contributed by atoms with E-state index in [0.29, 0.717) is 24.2 Å². The molecule has 1 aromatic heterocycles. The zero-order chi connectivity index (χ0) is 17.1. The average molecular weight is 343 g/mol.